The minimum atomic E-state index is -4.02. The van der Waals surface area contributed by atoms with Gasteiger partial charge in [-0.15, -0.1) is 0 Å². The molecule has 1 saturated heterocycles. The Morgan fingerprint density at radius 3 is 2.34 bits per heavy atom. The number of rotatable bonds is 6. The first-order valence-corrected chi connectivity index (χ1v) is 12.9. The fraction of sp³-hybridized carbons (Fsp3) is 0.320. The predicted octanol–water partition coefficient (Wildman–Crippen LogP) is 1.77. The van der Waals surface area contributed by atoms with Crippen LogP contribution in [-0.4, -0.2) is 60.5 Å². The van der Waals surface area contributed by atoms with Crippen molar-refractivity contribution in [3.8, 4) is 0 Å². The molecule has 10 heteroatoms. The highest BCUT2D eigenvalue weighted by atomic mass is 32.2. The third-order valence-electron chi connectivity index (χ3n) is 6.20. The number of likely N-dealkylation sites (tertiary alicyclic amines) is 1. The topological polar surface area (TPSA) is 116 Å². The van der Waals surface area contributed by atoms with Crippen LogP contribution in [0.4, 0.5) is 0 Å². The Balaban J connectivity index is 1.37. The number of aryl methyl sites for hydroxylation is 1. The van der Waals surface area contributed by atoms with Crippen LogP contribution in [-0.2, 0) is 19.6 Å². The average Bonchev–Trinajstić information content (AvgIpc) is 2.86. The van der Waals surface area contributed by atoms with Crippen LogP contribution >= 0.6 is 0 Å². The Morgan fingerprint density at radius 2 is 1.69 bits per heavy atom. The van der Waals surface area contributed by atoms with Gasteiger partial charge < -0.3 is 15.5 Å². The first-order valence-electron chi connectivity index (χ1n) is 11.5. The third kappa shape index (κ3) is 5.54. The van der Waals surface area contributed by atoms with Crippen LogP contribution in [0.1, 0.15) is 35.2 Å². The maximum absolute atomic E-state index is 13.2. The largest absolute Gasteiger partial charge is 0.353 e. The molecule has 184 valence electrons. The SMILES string of the molecule is Cc1ccc(S(=O)(=O)N2C=CNC(=O)[C@H]2CC(=O)NC2CCN(C(=O)c3ccccc3)CC2)cc1. The van der Waals surface area contributed by atoms with Crippen molar-refractivity contribution in [2.45, 2.75) is 43.2 Å². The number of nitrogens with zero attached hydrogens (tertiary/aromatic N) is 2. The van der Waals surface area contributed by atoms with Gasteiger partial charge in [-0.25, -0.2) is 8.42 Å². The summed E-state index contributed by atoms with van der Waals surface area (Å²) in [4.78, 5) is 39.7. The summed E-state index contributed by atoms with van der Waals surface area (Å²) in [5.74, 6) is -1.03. The van der Waals surface area contributed by atoms with Crippen molar-refractivity contribution in [3.05, 3.63) is 78.1 Å². The van der Waals surface area contributed by atoms with E-state index in [0.29, 0.717) is 31.5 Å². The minimum absolute atomic E-state index is 0.0435. The number of hydrogen-bond acceptors (Lipinski definition) is 5. The Morgan fingerprint density at radius 1 is 1.03 bits per heavy atom. The van der Waals surface area contributed by atoms with Gasteiger partial charge in [0.25, 0.3) is 15.9 Å². The number of benzene rings is 2. The number of nitrogens with one attached hydrogen (secondary N) is 2. The van der Waals surface area contributed by atoms with Crippen LogP contribution in [0, 0.1) is 6.92 Å². The van der Waals surface area contributed by atoms with Gasteiger partial charge >= 0.3 is 0 Å². The van der Waals surface area contributed by atoms with Gasteiger partial charge in [0.15, 0.2) is 0 Å². The normalized spacial score (nSPS) is 18.8. The summed E-state index contributed by atoms with van der Waals surface area (Å²) in [6.07, 6.45) is 3.35. The molecule has 35 heavy (non-hydrogen) atoms. The number of sulfonamides is 1. The molecule has 0 saturated carbocycles. The van der Waals surface area contributed by atoms with Gasteiger partial charge in [-0.2, -0.15) is 0 Å². The molecule has 1 atom stereocenters. The van der Waals surface area contributed by atoms with Crippen molar-refractivity contribution in [2.75, 3.05) is 13.1 Å². The van der Waals surface area contributed by atoms with Crippen molar-refractivity contribution in [1.82, 2.24) is 19.8 Å². The highest BCUT2D eigenvalue weighted by molar-refractivity contribution is 7.89. The van der Waals surface area contributed by atoms with Crippen LogP contribution < -0.4 is 10.6 Å². The number of carbonyl (C=O) groups excluding carboxylic acids is 3. The van der Waals surface area contributed by atoms with Gasteiger partial charge in [0, 0.05) is 37.1 Å². The summed E-state index contributed by atoms with van der Waals surface area (Å²) in [6.45, 7) is 2.85. The Bertz CT molecular complexity index is 1220. The number of amides is 3. The van der Waals surface area contributed by atoms with E-state index in [4.69, 9.17) is 0 Å². The quantitative estimate of drug-likeness (QED) is 0.632. The lowest BCUT2D eigenvalue weighted by Crippen LogP contribution is -2.52. The predicted molar refractivity (Wildman–Crippen MR) is 129 cm³/mol. The molecule has 0 radical (unpaired) electrons. The van der Waals surface area contributed by atoms with E-state index < -0.39 is 27.9 Å². The molecular weight excluding hydrogens is 468 g/mol. The van der Waals surface area contributed by atoms with E-state index in [1.54, 1.807) is 29.2 Å². The molecular formula is C25H28N4O5S. The molecule has 2 aromatic carbocycles. The molecule has 1 fully saturated rings. The van der Waals surface area contributed by atoms with Crippen molar-refractivity contribution in [2.24, 2.45) is 0 Å². The molecule has 0 aromatic heterocycles. The van der Waals surface area contributed by atoms with E-state index in [-0.39, 0.29) is 23.3 Å². The lowest BCUT2D eigenvalue weighted by molar-refractivity contribution is -0.129. The van der Waals surface area contributed by atoms with Crippen molar-refractivity contribution in [1.29, 1.82) is 0 Å². The van der Waals surface area contributed by atoms with Gasteiger partial charge in [0.2, 0.25) is 11.8 Å². The van der Waals surface area contributed by atoms with Crippen molar-refractivity contribution >= 4 is 27.7 Å². The molecule has 0 unspecified atom stereocenters. The third-order valence-corrected chi connectivity index (χ3v) is 8.00. The van der Waals surface area contributed by atoms with Gasteiger partial charge in [-0.3, -0.25) is 18.7 Å². The Labute approximate surface area is 204 Å². The van der Waals surface area contributed by atoms with Crippen LogP contribution in [0.15, 0.2) is 71.9 Å². The molecule has 0 aliphatic carbocycles. The molecule has 9 nitrogen and oxygen atoms in total. The fourth-order valence-corrected chi connectivity index (χ4v) is 5.67. The zero-order valence-electron chi connectivity index (χ0n) is 19.4. The number of piperidine rings is 1. The van der Waals surface area contributed by atoms with Crippen LogP contribution in [0.5, 0.6) is 0 Å². The average molecular weight is 497 g/mol. The monoisotopic (exact) mass is 496 g/mol. The standard InChI is InChI=1S/C25H28N4O5S/c1-18-7-9-21(10-8-18)35(33,34)29-16-13-26-24(31)22(29)17-23(30)27-20-11-14-28(15-12-20)25(32)19-5-3-2-4-6-19/h2-10,13,16,20,22H,11-12,14-15,17H2,1H3,(H,26,31)(H,27,30)/t22-/m1/s1. The maximum atomic E-state index is 13.2. The first kappa shape index (κ1) is 24.5. The maximum Gasteiger partial charge on any atom is 0.264 e. The second kappa shape index (κ2) is 10.3. The summed E-state index contributed by atoms with van der Waals surface area (Å²) in [5, 5.41) is 5.39. The van der Waals surface area contributed by atoms with E-state index in [2.05, 4.69) is 10.6 Å². The molecule has 2 aliphatic rings. The molecule has 2 N–H and O–H groups in total. The minimum Gasteiger partial charge on any atom is -0.353 e. The first-order chi connectivity index (χ1) is 16.8. The van der Waals surface area contributed by atoms with Crippen molar-refractivity contribution < 1.29 is 22.8 Å². The van der Waals surface area contributed by atoms with E-state index in [0.717, 1.165) is 9.87 Å². The van der Waals surface area contributed by atoms with E-state index in [9.17, 15) is 22.8 Å². The summed E-state index contributed by atoms with van der Waals surface area (Å²) in [7, 11) is -4.02. The van der Waals surface area contributed by atoms with E-state index in [1.165, 1.54) is 24.5 Å². The molecule has 2 heterocycles. The molecule has 0 bridgehead atoms. The summed E-state index contributed by atoms with van der Waals surface area (Å²) >= 11 is 0. The highest BCUT2D eigenvalue weighted by Crippen LogP contribution is 2.23. The summed E-state index contributed by atoms with van der Waals surface area (Å²) in [5.41, 5.74) is 1.53. The second-order valence-electron chi connectivity index (χ2n) is 8.69. The zero-order chi connectivity index (χ0) is 25.0. The molecule has 4 rings (SSSR count). The lowest BCUT2D eigenvalue weighted by atomic mass is 10.0. The van der Waals surface area contributed by atoms with Gasteiger partial charge in [-0.1, -0.05) is 35.9 Å². The summed E-state index contributed by atoms with van der Waals surface area (Å²) < 4.78 is 27.3. The van der Waals surface area contributed by atoms with Crippen molar-refractivity contribution in [3.63, 3.8) is 0 Å². The number of carbonyl (C=O) groups is 3. The van der Waals surface area contributed by atoms with Crippen LogP contribution in [0.25, 0.3) is 0 Å². The van der Waals surface area contributed by atoms with Gasteiger partial charge in [0.05, 0.1) is 11.3 Å². The number of hydrogen-bond donors (Lipinski definition) is 2. The highest BCUT2D eigenvalue weighted by Gasteiger charge is 2.37. The van der Waals surface area contributed by atoms with Gasteiger partial charge in [-0.05, 0) is 44.0 Å². The Kier molecular flexibility index (Phi) is 7.20. The van der Waals surface area contributed by atoms with Gasteiger partial charge in [0.1, 0.15) is 6.04 Å². The van der Waals surface area contributed by atoms with Crippen LogP contribution in [0.2, 0.25) is 0 Å². The van der Waals surface area contributed by atoms with Crippen LogP contribution in [0.3, 0.4) is 0 Å². The Hall–Kier alpha value is -3.66. The molecule has 3 amide bonds. The molecule has 2 aromatic rings. The lowest BCUT2D eigenvalue weighted by Gasteiger charge is -2.34. The second-order valence-corrected chi connectivity index (χ2v) is 10.5. The molecule has 2 aliphatic heterocycles. The fourth-order valence-electron chi connectivity index (χ4n) is 4.22. The molecule has 0 spiro atoms. The summed E-state index contributed by atoms with van der Waals surface area (Å²) in [6, 6.07) is 14.0. The van der Waals surface area contributed by atoms with E-state index in [1.807, 2.05) is 25.1 Å². The van der Waals surface area contributed by atoms with E-state index >= 15 is 0 Å². The smallest absolute Gasteiger partial charge is 0.264 e. The zero-order valence-corrected chi connectivity index (χ0v) is 20.2.